The highest BCUT2D eigenvalue weighted by Crippen LogP contribution is 2.42. The zero-order valence-corrected chi connectivity index (χ0v) is 28.6. The zero-order chi connectivity index (χ0) is 35.1. The van der Waals surface area contributed by atoms with Gasteiger partial charge in [0, 0.05) is 33.0 Å². The summed E-state index contributed by atoms with van der Waals surface area (Å²) >= 11 is 0. The molecule has 0 N–H and O–H groups in total. The van der Waals surface area contributed by atoms with E-state index in [0.717, 1.165) is 60.9 Å². The molecule has 0 amide bonds. The molecule has 0 unspecified atom stereocenters. The molecule has 10 aromatic rings. The van der Waals surface area contributed by atoms with Gasteiger partial charge in [-0.15, -0.1) is 0 Å². The van der Waals surface area contributed by atoms with Crippen LogP contribution in [0.1, 0.15) is 0 Å². The van der Waals surface area contributed by atoms with Crippen LogP contribution in [0.4, 0.5) is 0 Å². The summed E-state index contributed by atoms with van der Waals surface area (Å²) in [5.41, 5.74) is 11.2. The maximum Gasteiger partial charge on any atom is 0.164 e. The van der Waals surface area contributed by atoms with Gasteiger partial charge < -0.3 is 4.42 Å². The summed E-state index contributed by atoms with van der Waals surface area (Å²) in [6.07, 6.45) is 0. The van der Waals surface area contributed by atoms with Gasteiger partial charge in [0.1, 0.15) is 11.2 Å². The first-order valence-corrected chi connectivity index (χ1v) is 17.8. The van der Waals surface area contributed by atoms with Gasteiger partial charge in [0.15, 0.2) is 17.5 Å². The number of hydrogen-bond acceptors (Lipinski definition) is 4. The molecular weight excluding hydrogens is 647 g/mol. The van der Waals surface area contributed by atoms with Crippen molar-refractivity contribution in [2.45, 2.75) is 0 Å². The van der Waals surface area contributed by atoms with Gasteiger partial charge in [0.05, 0.1) is 0 Å². The Hall–Kier alpha value is -7.17. The zero-order valence-electron chi connectivity index (χ0n) is 28.6. The summed E-state index contributed by atoms with van der Waals surface area (Å²) in [6, 6.07) is 65.2. The summed E-state index contributed by atoms with van der Waals surface area (Å²) in [5.74, 6) is 1.82. The van der Waals surface area contributed by atoms with E-state index in [4.69, 9.17) is 19.4 Å². The Bertz CT molecular complexity index is 2910. The second-order valence-electron chi connectivity index (χ2n) is 13.2. The number of para-hydroxylation sites is 1. The molecule has 0 saturated heterocycles. The van der Waals surface area contributed by atoms with E-state index in [1.54, 1.807) is 0 Å². The Balaban J connectivity index is 1.10. The Morgan fingerprint density at radius 2 is 0.792 bits per heavy atom. The van der Waals surface area contributed by atoms with Crippen LogP contribution in [-0.2, 0) is 0 Å². The summed E-state index contributed by atoms with van der Waals surface area (Å²) in [7, 11) is 0. The first-order chi connectivity index (χ1) is 26.2. The van der Waals surface area contributed by atoms with Crippen LogP contribution in [0.3, 0.4) is 0 Å². The van der Waals surface area contributed by atoms with Crippen molar-refractivity contribution in [2.24, 2.45) is 0 Å². The number of benzene rings is 8. The van der Waals surface area contributed by atoms with Crippen molar-refractivity contribution in [1.29, 1.82) is 0 Å². The quantitative estimate of drug-likeness (QED) is 0.176. The van der Waals surface area contributed by atoms with E-state index in [9.17, 15) is 0 Å². The van der Waals surface area contributed by atoms with Crippen molar-refractivity contribution in [3.05, 3.63) is 188 Å². The predicted octanol–water partition coefficient (Wildman–Crippen LogP) is 12.9. The fraction of sp³-hybridized carbons (Fsp3) is 0. The number of aromatic nitrogens is 3. The van der Waals surface area contributed by atoms with E-state index < -0.39 is 0 Å². The van der Waals surface area contributed by atoms with E-state index in [0.29, 0.717) is 17.5 Å². The summed E-state index contributed by atoms with van der Waals surface area (Å²) in [5, 5.41) is 4.39. The summed E-state index contributed by atoms with van der Waals surface area (Å²) < 4.78 is 6.66. The predicted molar refractivity (Wildman–Crippen MR) is 217 cm³/mol. The smallest absolute Gasteiger partial charge is 0.164 e. The van der Waals surface area contributed by atoms with Gasteiger partial charge in [-0.05, 0) is 62.9 Å². The molecule has 0 aliphatic carbocycles. The lowest BCUT2D eigenvalue weighted by atomic mass is 9.96. The lowest BCUT2D eigenvalue weighted by Gasteiger charge is -2.11. The van der Waals surface area contributed by atoms with Crippen LogP contribution >= 0.6 is 0 Å². The molecule has 0 aliphatic rings. The van der Waals surface area contributed by atoms with E-state index >= 15 is 0 Å². The summed E-state index contributed by atoms with van der Waals surface area (Å²) in [6.45, 7) is 0. The molecule has 0 aliphatic heterocycles. The number of hydrogen-bond donors (Lipinski definition) is 0. The van der Waals surface area contributed by atoms with Crippen molar-refractivity contribution in [3.8, 4) is 67.5 Å². The number of rotatable bonds is 6. The van der Waals surface area contributed by atoms with Gasteiger partial charge >= 0.3 is 0 Å². The van der Waals surface area contributed by atoms with Gasteiger partial charge in [0.25, 0.3) is 0 Å². The van der Waals surface area contributed by atoms with Gasteiger partial charge in [-0.25, -0.2) is 15.0 Å². The van der Waals surface area contributed by atoms with Gasteiger partial charge in [0.2, 0.25) is 0 Å². The van der Waals surface area contributed by atoms with Crippen LogP contribution in [0.2, 0.25) is 0 Å². The molecule has 0 saturated carbocycles. The van der Waals surface area contributed by atoms with Crippen LogP contribution < -0.4 is 0 Å². The molecular formula is C49H31N3O. The Kier molecular flexibility index (Phi) is 7.43. The number of nitrogens with zero attached hydrogens (tertiary/aromatic N) is 3. The molecule has 8 aromatic carbocycles. The third-order valence-corrected chi connectivity index (χ3v) is 9.96. The molecule has 0 fully saturated rings. The maximum absolute atomic E-state index is 6.66. The van der Waals surface area contributed by atoms with E-state index in [1.807, 2.05) is 48.5 Å². The molecule has 0 bridgehead atoms. The Morgan fingerprint density at radius 1 is 0.321 bits per heavy atom. The minimum absolute atomic E-state index is 0.594. The molecule has 2 heterocycles. The number of fused-ring (bicyclic) bond motifs is 4. The molecule has 4 heteroatoms. The molecule has 248 valence electrons. The lowest BCUT2D eigenvalue weighted by molar-refractivity contribution is 0.670. The molecule has 53 heavy (non-hydrogen) atoms. The minimum atomic E-state index is 0.594. The lowest BCUT2D eigenvalue weighted by Crippen LogP contribution is -2.00. The highest BCUT2D eigenvalue weighted by Gasteiger charge is 2.21. The fourth-order valence-corrected chi connectivity index (χ4v) is 7.24. The molecule has 4 nitrogen and oxygen atoms in total. The molecule has 0 radical (unpaired) electrons. The first-order valence-electron chi connectivity index (χ1n) is 17.8. The van der Waals surface area contributed by atoms with Gasteiger partial charge in [-0.2, -0.15) is 0 Å². The average Bonchev–Trinajstić information content (AvgIpc) is 3.64. The highest BCUT2D eigenvalue weighted by atomic mass is 16.3. The maximum atomic E-state index is 6.66. The fourth-order valence-electron chi connectivity index (χ4n) is 7.24. The van der Waals surface area contributed by atoms with Crippen molar-refractivity contribution in [2.75, 3.05) is 0 Å². The SMILES string of the molecule is c1ccc(-c2ccc(-c3ccc(-c4nc(-c5ccccc5)nc(-c5ccc(-c6ccc7ccccc7c6)c6oc7ccccc7c56)n4)cc3)cc2)cc1. The molecule has 0 spiro atoms. The van der Waals surface area contributed by atoms with Crippen molar-refractivity contribution in [3.63, 3.8) is 0 Å². The second-order valence-corrected chi connectivity index (χ2v) is 13.2. The Morgan fingerprint density at radius 3 is 1.47 bits per heavy atom. The van der Waals surface area contributed by atoms with Crippen LogP contribution in [0.25, 0.3) is 100 Å². The second kappa shape index (κ2) is 12.9. The van der Waals surface area contributed by atoms with Gasteiger partial charge in [-0.3, -0.25) is 0 Å². The molecule has 2 aromatic heterocycles. The topological polar surface area (TPSA) is 51.8 Å². The average molecular weight is 678 g/mol. The third-order valence-electron chi connectivity index (χ3n) is 9.96. The third kappa shape index (κ3) is 5.63. The van der Waals surface area contributed by atoms with E-state index in [2.05, 4.69) is 140 Å². The van der Waals surface area contributed by atoms with Crippen LogP contribution in [0, 0.1) is 0 Å². The standard InChI is InChI=1S/C49H31N3O/c1-3-11-32(12-4-1)34-19-21-35(22-20-34)36-23-26-38(27-24-36)48-50-47(37-14-5-2-6-15-37)51-49(52-48)43-30-29-41(40-28-25-33-13-7-8-16-39(33)31-40)46-45(43)42-17-9-10-18-44(42)53-46/h1-31H. The minimum Gasteiger partial charge on any atom is -0.455 e. The van der Waals surface area contributed by atoms with Crippen molar-refractivity contribution >= 4 is 32.7 Å². The van der Waals surface area contributed by atoms with E-state index in [-0.39, 0.29) is 0 Å². The first kappa shape index (κ1) is 30.6. The Labute approximate surface area is 306 Å². The number of furan rings is 1. The van der Waals surface area contributed by atoms with Gasteiger partial charge in [-0.1, -0.05) is 164 Å². The molecule has 10 rings (SSSR count). The monoisotopic (exact) mass is 677 g/mol. The molecule has 0 atom stereocenters. The highest BCUT2D eigenvalue weighted by molar-refractivity contribution is 6.16. The summed E-state index contributed by atoms with van der Waals surface area (Å²) in [4.78, 5) is 15.3. The van der Waals surface area contributed by atoms with E-state index in [1.165, 1.54) is 21.9 Å². The van der Waals surface area contributed by atoms with Crippen molar-refractivity contribution in [1.82, 2.24) is 15.0 Å². The largest absolute Gasteiger partial charge is 0.455 e. The van der Waals surface area contributed by atoms with Crippen LogP contribution in [0.5, 0.6) is 0 Å². The normalized spacial score (nSPS) is 11.4. The van der Waals surface area contributed by atoms with Crippen LogP contribution in [-0.4, -0.2) is 15.0 Å². The van der Waals surface area contributed by atoms with Crippen molar-refractivity contribution < 1.29 is 4.42 Å². The van der Waals surface area contributed by atoms with Crippen LogP contribution in [0.15, 0.2) is 192 Å².